The number of hydrazine groups is 1. The van der Waals surface area contributed by atoms with E-state index >= 15 is 0 Å². The van der Waals surface area contributed by atoms with E-state index in [1.54, 1.807) is 6.92 Å². The van der Waals surface area contributed by atoms with Crippen LogP contribution in [0.3, 0.4) is 0 Å². The number of carbonyl (C=O) groups excluding carboxylic acids is 1. The maximum atomic E-state index is 12.0. The summed E-state index contributed by atoms with van der Waals surface area (Å²) in [6, 6.07) is 3.92. The summed E-state index contributed by atoms with van der Waals surface area (Å²) in [6.45, 7) is 1.69. The van der Waals surface area contributed by atoms with E-state index in [-0.39, 0.29) is 16.9 Å². The first-order valence-electron chi connectivity index (χ1n) is 5.38. The maximum absolute atomic E-state index is 12.0. The summed E-state index contributed by atoms with van der Waals surface area (Å²) in [5.41, 5.74) is 2.17. The number of nitrogens with two attached hydrogens (primary N) is 1. The first-order chi connectivity index (χ1) is 9.51. The quantitative estimate of drug-likeness (QED) is 0.439. The lowest BCUT2D eigenvalue weighted by Gasteiger charge is -2.04. The first kappa shape index (κ1) is 13.8. The predicted molar refractivity (Wildman–Crippen MR) is 73.5 cm³/mol. The van der Waals surface area contributed by atoms with Crippen LogP contribution < -0.4 is 16.6 Å². The normalized spacial score (nSPS) is 10.1. The highest BCUT2D eigenvalue weighted by molar-refractivity contribution is 7.09. The molecule has 2 rings (SSSR count). The molecule has 1 heterocycles. The second-order valence-electron chi connectivity index (χ2n) is 3.73. The van der Waals surface area contributed by atoms with Crippen molar-refractivity contribution < 1.29 is 9.72 Å². The van der Waals surface area contributed by atoms with Crippen LogP contribution in [0.1, 0.15) is 16.2 Å². The molecule has 0 aliphatic carbocycles. The van der Waals surface area contributed by atoms with E-state index in [4.69, 9.17) is 5.84 Å². The Balaban J connectivity index is 2.26. The van der Waals surface area contributed by atoms with Crippen molar-refractivity contribution >= 4 is 33.9 Å². The molecule has 0 saturated heterocycles. The van der Waals surface area contributed by atoms with Crippen LogP contribution in [0.25, 0.3) is 0 Å². The molecule has 1 aromatic carbocycles. The molecule has 0 radical (unpaired) electrons. The van der Waals surface area contributed by atoms with Crippen molar-refractivity contribution in [1.29, 1.82) is 0 Å². The number of nitro benzene ring substituents is 1. The Morgan fingerprint density at radius 2 is 2.25 bits per heavy atom. The number of anilines is 2. The Morgan fingerprint density at radius 1 is 1.50 bits per heavy atom. The van der Waals surface area contributed by atoms with Crippen molar-refractivity contribution in [2.45, 2.75) is 6.92 Å². The summed E-state index contributed by atoms with van der Waals surface area (Å²) in [5, 5.41) is 13.7. The molecule has 0 spiro atoms. The molecule has 104 valence electrons. The molecule has 4 N–H and O–H groups in total. The second-order valence-corrected chi connectivity index (χ2v) is 4.49. The molecular weight excluding hydrogens is 284 g/mol. The molecule has 1 aromatic heterocycles. The summed E-state index contributed by atoms with van der Waals surface area (Å²) >= 11 is 1.03. The van der Waals surface area contributed by atoms with Gasteiger partial charge in [0.15, 0.2) is 0 Å². The van der Waals surface area contributed by atoms with Crippen LogP contribution in [-0.4, -0.2) is 20.2 Å². The predicted octanol–water partition coefficient (Wildman–Crippen LogP) is 1.29. The Hall–Kier alpha value is -2.59. The minimum Gasteiger partial charge on any atom is -0.318 e. The smallest absolute Gasteiger partial charge is 0.294 e. The fourth-order valence-corrected chi connectivity index (χ4v) is 2.03. The molecule has 10 heteroatoms. The van der Waals surface area contributed by atoms with Gasteiger partial charge in [0.05, 0.1) is 4.92 Å². The third-order valence-electron chi connectivity index (χ3n) is 2.36. The molecule has 0 unspecified atom stereocenters. The number of aryl methyl sites for hydroxylation is 1. The second kappa shape index (κ2) is 5.59. The summed E-state index contributed by atoms with van der Waals surface area (Å²) in [4.78, 5) is 26.2. The van der Waals surface area contributed by atoms with E-state index in [0.29, 0.717) is 11.0 Å². The molecule has 0 aliphatic rings. The van der Waals surface area contributed by atoms with E-state index < -0.39 is 10.8 Å². The third kappa shape index (κ3) is 2.87. The minimum absolute atomic E-state index is 0.123. The van der Waals surface area contributed by atoms with E-state index in [2.05, 4.69) is 20.1 Å². The maximum Gasteiger partial charge on any atom is 0.294 e. The molecule has 0 aliphatic heterocycles. The van der Waals surface area contributed by atoms with Gasteiger partial charge in [-0.05, 0) is 19.1 Å². The number of benzene rings is 1. The SMILES string of the molecule is Cc1nsc(NC(=O)c2ccc(NN)c([N+](=O)[O-])c2)n1. The fourth-order valence-electron chi connectivity index (χ4n) is 1.46. The van der Waals surface area contributed by atoms with Crippen LogP contribution in [0.4, 0.5) is 16.5 Å². The number of hydrogen-bond acceptors (Lipinski definition) is 8. The van der Waals surface area contributed by atoms with Crippen molar-refractivity contribution in [3.63, 3.8) is 0 Å². The van der Waals surface area contributed by atoms with Crippen LogP contribution >= 0.6 is 11.5 Å². The standard InChI is InChI=1S/C10H10N6O3S/c1-5-12-10(20-15-5)13-9(17)6-2-3-7(14-11)8(4-6)16(18)19/h2-4,14H,11H2,1H3,(H,12,13,15,17). The summed E-state index contributed by atoms with van der Waals surface area (Å²) in [6.07, 6.45) is 0. The summed E-state index contributed by atoms with van der Waals surface area (Å²) in [5.74, 6) is 5.20. The van der Waals surface area contributed by atoms with Gasteiger partial charge in [0.1, 0.15) is 11.5 Å². The Kier molecular flexibility index (Phi) is 3.86. The average molecular weight is 294 g/mol. The van der Waals surface area contributed by atoms with Crippen molar-refractivity contribution in [1.82, 2.24) is 9.36 Å². The number of amides is 1. The molecule has 0 saturated carbocycles. The van der Waals surface area contributed by atoms with Crippen molar-refractivity contribution in [3.05, 3.63) is 39.7 Å². The Bertz CT molecular complexity index is 671. The van der Waals surface area contributed by atoms with E-state index in [1.165, 1.54) is 12.1 Å². The first-order valence-corrected chi connectivity index (χ1v) is 6.15. The number of hydrogen-bond donors (Lipinski definition) is 3. The number of nitrogens with zero attached hydrogens (tertiary/aromatic N) is 3. The lowest BCUT2D eigenvalue weighted by atomic mass is 10.1. The van der Waals surface area contributed by atoms with Gasteiger partial charge in [0.25, 0.3) is 11.6 Å². The molecule has 0 atom stereocenters. The molecule has 1 amide bonds. The van der Waals surface area contributed by atoms with Crippen molar-refractivity contribution in [3.8, 4) is 0 Å². The van der Waals surface area contributed by atoms with Gasteiger partial charge in [-0.1, -0.05) is 0 Å². The van der Waals surface area contributed by atoms with Gasteiger partial charge in [-0.2, -0.15) is 4.37 Å². The molecule has 9 nitrogen and oxygen atoms in total. The van der Waals surface area contributed by atoms with Gasteiger partial charge in [-0.15, -0.1) is 0 Å². The third-order valence-corrected chi connectivity index (χ3v) is 3.08. The Morgan fingerprint density at radius 3 is 2.80 bits per heavy atom. The van der Waals surface area contributed by atoms with Gasteiger partial charge < -0.3 is 5.43 Å². The van der Waals surface area contributed by atoms with E-state index in [9.17, 15) is 14.9 Å². The number of nitrogens with one attached hydrogen (secondary N) is 2. The zero-order chi connectivity index (χ0) is 14.7. The topological polar surface area (TPSA) is 136 Å². The van der Waals surface area contributed by atoms with Gasteiger partial charge in [-0.25, -0.2) is 4.98 Å². The lowest BCUT2D eigenvalue weighted by molar-refractivity contribution is -0.384. The zero-order valence-electron chi connectivity index (χ0n) is 10.3. The van der Waals surface area contributed by atoms with Crippen LogP contribution in [0, 0.1) is 17.0 Å². The molecule has 2 aromatic rings. The number of nitrogen functional groups attached to an aromatic ring is 1. The van der Waals surface area contributed by atoms with Gasteiger partial charge in [0, 0.05) is 23.2 Å². The van der Waals surface area contributed by atoms with E-state index in [1.807, 2.05) is 0 Å². The summed E-state index contributed by atoms with van der Waals surface area (Å²) in [7, 11) is 0. The van der Waals surface area contributed by atoms with Crippen LogP contribution in [0.15, 0.2) is 18.2 Å². The highest BCUT2D eigenvalue weighted by atomic mass is 32.1. The molecule has 20 heavy (non-hydrogen) atoms. The van der Waals surface area contributed by atoms with Crippen LogP contribution in [-0.2, 0) is 0 Å². The lowest BCUT2D eigenvalue weighted by Crippen LogP contribution is -2.14. The van der Waals surface area contributed by atoms with Crippen LogP contribution in [0.5, 0.6) is 0 Å². The van der Waals surface area contributed by atoms with Crippen LogP contribution in [0.2, 0.25) is 0 Å². The minimum atomic E-state index is -0.624. The largest absolute Gasteiger partial charge is 0.318 e. The zero-order valence-corrected chi connectivity index (χ0v) is 11.1. The summed E-state index contributed by atoms with van der Waals surface area (Å²) < 4.78 is 3.92. The number of nitro groups is 1. The fraction of sp³-hybridized carbons (Fsp3) is 0.100. The highest BCUT2D eigenvalue weighted by Gasteiger charge is 2.17. The molecule has 0 fully saturated rings. The highest BCUT2D eigenvalue weighted by Crippen LogP contribution is 2.25. The van der Waals surface area contributed by atoms with Crippen molar-refractivity contribution in [2.24, 2.45) is 5.84 Å². The van der Waals surface area contributed by atoms with Gasteiger partial charge in [-0.3, -0.25) is 26.1 Å². The van der Waals surface area contributed by atoms with E-state index in [0.717, 1.165) is 17.6 Å². The number of carbonyl (C=O) groups is 1. The molecular formula is C10H10N6O3S. The number of aromatic nitrogens is 2. The average Bonchev–Trinajstić information content (AvgIpc) is 2.83. The van der Waals surface area contributed by atoms with Crippen molar-refractivity contribution in [2.75, 3.05) is 10.7 Å². The van der Waals surface area contributed by atoms with Gasteiger partial charge >= 0.3 is 0 Å². The molecule has 0 bridgehead atoms. The Labute approximate surface area is 117 Å². The van der Waals surface area contributed by atoms with Gasteiger partial charge in [0.2, 0.25) is 5.13 Å². The monoisotopic (exact) mass is 294 g/mol. The number of rotatable bonds is 4.